The number of amides is 3. The van der Waals surface area contributed by atoms with Crippen LogP contribution in [0, 0.1) is 5.41 Å². The van der Waals surface area contributed by atoms with E-state index in [4.69, 9.17) is 4.74 Å². The van der Waals surface area contributed by atoms with Crippen LogP contribution in [0.4, 0.5) is 4.79 Å². The van der Waals surface area contributed by atoms with Gasteiger partial charge in [0.05, 0.1) is 6.10 Å². The molecule has 0 radical (unpaired) electrons. The third-order valence-corrected chi connectivity index (χ3v) is 3.61. The maximum atomic E-state index is 11.5. The first-order valence-corrected chi connectivity index (χ1v) is 5.10. The summed E-state index contributed by atoms with van der Waals surface area (Å²) in [6, 6.07) is -0.165. The Kier molecular flexibility index (Phi) is 2.22. The van der Waals surface area contributed by atoms with Gasteiger partial charge in [0, 0.05) is 18.6 Å². The molecule has 0 aromatic rings. The maximum Gasteiger partial charge on any atom is 0.324 e. The number of methoxy groups -OCH3 is 1. The summed E-state index contributed by atoms with van der Waals surface area (Å²) in [5.74, 6) is -0.211. The molecule has 84 valence electrons. The van der Waals surface area contributed by atoms with E-state index in [-0.39, 0.29) is 36.0 Å². The van der Waals surface area contributed by atoms with Crippen LogP contribution in [0.25, 0.3) is 0 Å². The molecule has 2 aliphatic rings. The molecule has 0 bridgehead atoms. The van der Waals surface area contributed by atoms with Crippen molar-refractivity contribution in [2.45, 2.75) is 32.4 Å². The fourth-order valence-corrected chi connectivity index (χ4v) is 2.50. The van der Waals surface area contributed by atoms with Crippen LogP contribution >= 0.6 is 0 Å². The minimum atomic E-state index is -0.271. The highest BCUT2D eigenvalue weighted by atomic mass is 16.5. The lowest BCUT2D eigenvalue weighted by atomic mass is 9.64. The molecule has 0 spiro atoms. The van der Waals surface area contributed by atoms with E-state index in [0.29, 0.717) is 0 Å². The molecule has 2 atom stereocenters. The first-order valence-electron chi connectivity index (χ1n) is 5.10. The molecule has 2 rings (SSSR count). The van der Waals surface area contributed by atoms with Gasteiger partial charge in [0.25, 0.3) is 0 Å². The Bertz CT molecular complexity index is 314. The zero-order valence-electron chi connectivity index (χ0n) is 9.24. The van der Waals surface area contributed by atoms with Crippen LogP contribution in [0.2, 0.25) is 0 Å². The van der Waals surface area contributed by atoms with Crippen molar-refractivity contribution in [3.8, 4) is 0 Å². The van der Waals surface area contributed by atoms with Crippen molar-refractivity contribution in [3.05, 3.63) is 0 Å². The van der Waals surface area contributed by atoms with E-state index in [1.54, 1.807) is 12.0 Å². The lowest BCUT2D eigenvalue weighted by Crippen LogP contribution is -2.62. The van der Waals surface area contributed by atoms with Gasteiger partial charge in [-0.1, -0.05) is 13.8 Å². The number of imide groups is 1. The highest BCUT2D eigenvalue weighted by Crippen LogP contribution is 2.45. The molecule has 2 fully saturated rings. The molecule has 1 N–H and O–H groups in total. The van der Waals surface area contributed by atoms with Gasteiger partial charge in [0.2, 0.25) is 5.91 Å². The van der Waals surface area contributed by atoms with Gasteiger partial charge in [0.15, 0.2) is 0 Å². The van der Waals surface area contributed by atoms with Crippen LogP contribution in [-0.2, 0) is 9.53 Å². The van der Waals surface area contributed by atoms with Gasteiger partial charge in [-0.05, 0) is 6.42 Å². The second-order valence-corrected chi connectivity index (χ2v) is 4.78. The molecule has 1 saturated carbocycles. The van der Waals surface area contributed by atoms with Crippen molar-refractivity contribution in [1.82, 2.24) is 10.2 Å². The lowest BCUT2D eigenvalue weighted by molar-refractivity contribution is -0.130. The van der Waals surface area contributed by atoms with Crippen LogP contribution in [0.1, 0.15) is 20.3 Å². The smallest absolute Gasteiger partial charge is 0.324 e. The number of nitrogens with zero attached hydrogens (tertiary/aromatic N) is 1. The molecule has 5 heteroatoms. The minimum Gasteiger partial charge on any atom is -0.381 e. The standard InChI is InChI=1S/C10H16N2O3/c1-10(2)6(4-7(10)15-3)12-5-8(13)11-9(12)14/h6-7H,4-5H2,1-3H3,(H,11,13,14). The molecule has 2 unspecified atom stereocenters. The SMILES string of the molecule is COC1CC(N2CC(=O)NC2=O)C1(C)C. The molecule has 15 heavy (non-hydrogen) atoms. The van der Waals surface area contributed by atoms with Crippen LogP contribution in [0.15, 0.2) is 0 Å². The monoisotopic (exact) mass is 212 g/mol. The zero-order chi connectivity index (χ0) is 11.2. The summed E-state index contributed by atoms with van der Waals surface area (Å²) in [5, 5.41) is 2.29. The average molecular weight is 212 g/mol. The number of hydrogen-bond donors (Lipinski definition) is 1. The summed E-state index contributed by atoms with van der Waals surface area (Å²) in [7, 11) is 1.68. The summed E-state index contributed by atoms with van der Waals surface area (Å²) >= 11 is 0. The molecule has 3 amide bonds. The van der Waals surface area contributed by atoms with Crippen molar-refractivity contribution in [3.63, 3.8) is 0 Å². The molecule has 1 heterocycles. The van der Waals surface area contributed by atoms with E-state index in [1.807, 2.05) is 0 Å². The second-order valence-electron chi connectivity index (χ2n) is 4.78. The Morgan fingerprint density at radius 2 is 2.13 bits per heavy atom. The molecule has 1 saturated heterocycles. The van der Waals surface area contributed by atoms with Gasteiger partial charge in [-0.2, -0.15) is 0 Å². The predicted octanol–water partition coefficient (Wildman–Crippen LogP) is 0.352. The van der Waals surface area contributed by atoms with Gasteiger partial charge in [0.1, 0.15) is 6.54 Å². The van der Waals surface area contributed by atoms with Crippen LogP contribution in [-0.4, -0.2) is 42.6 Å². The lowest BCUT2D eigenvalue weighted by Gasteiger charge is -2.53. The molecule has 0 aromatic heterocycles. The summed E-state index contributed by atoms with van der Waals surface area (Å²) in [6.07, 6.45) is 0.982. The number of urea groups is 1. The molecular formula is C10H16N2O3. The van der Waals surface area contributed by atoms with Gasteiger partial charge in [-0.15, -0.1) is 0 Å². The minimum absolute atomic E-state index is 0.0727. The number of carbonyl (C=O) groups is 2. The topological polar surface area (TPSA) is 58.6 Å². The van der Waals surface area contributed by atoms with E-state index >= 15 is 0 Å². The summed E-state index contributed by atoms with van der Waals surface area (Å²) in [6.45, 7) is 4.31. The van der Waals surface area contributed by atoms with E-state index in [2.05, 4.69) is 19.2 Å². The van der Waals surface area contributed by atoms with Crippen LogP contribution in [0.5, 0.6) is 0 Å². The third kappa shape index (κ3) is 1.42. The Labute approximate surface area is 88.8 Å². The number of hydrogen-bond acceptors (Lipinski definition) is 3. The van der Waals surface area contributed by atoms with E-state index in [1.165, 1.54) is 0 Å². The highest BCUT2D eigenvalue weighted by molar-refractivity contribution is 6.02. The van der Waals surface area contributed by atoms with Gasteiger partial charge < -0.3 is 9.64 Å². The molecule has 1 aliphatic carbocycles. The van der Waals surface area contributed by atoms with Gasteiger partial charge >= 0.3 is 6.03 Å². The highest BCUT2D eigenvalue weighted by Gasteiger charge is 2.54. The first kappa shape index (κ1) is 10.4. The molecule has 1 aliphatic heterocycles. The molecular weight excluding hydrogens is 196 g/mol. The van der Waals surface area contributed by atoms with Crippen molar-refractivity contribution in [1.29, 1.82) is 0 Å². The predicted molar refractivity (Wildman–Crippen MR) is 53.2 cm³/mol. The Morgan fingerprint density at radius 3 is 2.53 bits per heavy atom. The fourth-order valence-electron chi connectivity index (χ4n) is 2.50. The van der Waals surface area contributed by atoms with Gasteiger partial charge in [-0.3, -0.25) is 10.1 Å². The van der Waals surface area contributed by atoms with Crippen LogP contribution < -0.4 is 5.32 Å². The van der Waals surface area contributed by atoms with Crippen molar-refractivity contribution >= 4 is 11.9 Å². The Morgan fingerprint density at radius 1 is 1.47 bits per heavy atom. The van der Waals surface area contributed by atoms with Crippen molar-refractivity contribution < 1.29 is 14.3 Å². The summed E-state index contributed by atoms with van der Waals surface area (Å²) in [5.41, 5.74) is -0.0727. The average Bonchev–Trinajstić information content (AvgIpc) is 2.45. The van der Waals surface area contributed by atoms with Crippen molar-refractivity contribution in [2.75, 3.05) is 13.7 Å². The zero-order valence-corrected chi connectivity index (χ0v) is 9.24. The van der Waals surface area contributed by atoms with E-state index in [0.717, 1.165) is 6.42 Å². The quantitative estimate of drug-likeness (QED) is 0.672. The van der Waals surface area contributed by atoms with Crippen LogP contribution in [0.3, 0.4) is 0 Å². The number of carbonyl (C=O) groups excluding carboxylic acids is 2. The van der Waals surface area contributed by atoms with Crippen molar-refractivity contribution in [2.24, 2.45) is 5.41 Å². The molecule has 0 aromatic carbocycles. The first-order chi connectivity index (χ1) is 6.96. The largest absolute Gasteiger partial charge is 0.381 e. The third-order valence-electron chi connectivity index (χ3n) is 3.61. The molecule has 5 nitrogen and oxygen atoms in total. The number of nitrogens with one attached hydrogen (secondary N) is 1. The van der Waals surface area contributed by atoms with Gasteiger partial charge in [-0.25, -0.2) is 4.79 Å². The van der Waals surface area contributed by atoms with E-state index < -0.39 is 0 Å². The normalized spacial score (nSPS) is 33.9. The number of ether oxygens (including phenoxy) is 1. The number of rotatable bonds is 2. The van der Waals surface area contributed by atoms with E-state index in [9.17, 15) is 9.59 Å². The fraction of sp³-hybridized carbons (Fsp3) is 0.800. The Hall–Kier alpha value is -1.10. The second kappa shape index (κ2) is 3.20. The Balaban J connectivity index is 2.08. The summed E-state index contributed by atoms with van der Waals surface area (Å²) < 4.78 is 5.31. The maximum absolute atomic E-state index is 11.5. The summed E-state index contributed by atoms with van der Waals surface area (Å²) in [4.78, 5) is 24.1.